The zero-order valence-corrected chi connectivity index (χ0v) is 13.3. The molecule has 3 N–H and O–H groups in total. The fraction of sp³-hybridized carbons (Fsp3) is 0.235. The molecule has 5 heteroatoms. The number of methoxy groups -OCH3 is 1. The lowest BCUT2D eigenvalue weighted by Crippen LogP contribution is -2.17. The Morgan fingerprint density at radius 1 is 1.23 bits per heavy atom. The van der Waals surface area contributed by atoms with E-state index in [1.807, 2.05) is 48.5 Å². The fourth-order valence-electron chi connectivity index (χ4n) is 2.13. The van der Waals surface area contributed by atoms with Crippen molar-refractivity contribution in [1.29, 1.82) is 0 Å². The summed E-state index contributed by atoms with van der Waals surface area (Å²) in [6, 6.07) is 15.6. The third-order valence-electron chi connectivity index (χ3n) is 3.37. The molecule has 0 radical (unpaired) electrons. The number of anilines is 3. The average Bonchev–Trinajstić information content (AvgIpc) is 2.55. The lowest BCUT2D eigenvalue weighted by Gasteiger charge is -2.14. The molecule has 4 nitrogen and oxygen atoms in total. The monoisotopic (exact) mass is 316 g/mol. The number of rotatable bonds is 6. The van der Waals surface area contributed by atoms with E-state index < -0.39 is 5.25 Å². The topological polar surface area (TPSA) is 64.3 Å². The van der Waals surface area contributed by atoms with Crippen LogP contribution in [-0.2, 0) is 16.0 Å². The molecular weight excluding hydrogens is 296 g/mol. The Hall–Kier alpha value is -2.14. The summed E-state index contributed by atoms with van der Waals surface area (Å²) >= 11 is 4.27. The highest BCUT2D eigenvalue weighted by Crippen LogP contribution is 2.23. The van der Waals surface area contributed by atoms with Gasteiger partial charge in [-0.15, -0.1) is 0 Å². The van der Waals surface area contributed by atoms with Gasteiger partial charge in [0.05, 0.1) is 12.4 Å². The van der Waals surface area contributed by atoms with E-state index in [1.54, 1.807) is 0 Å². The summed E-state index contributed by atoms with van der Waals surface area (Å²) in [7, 11) is 1.38. The standard InChI is InChI=1S/C17H20N2O2S/c1-21-17(20)16(22)11-6-12-4-2-3-5-15(12)19-14-9-7-13(18)8-10-14/h2-5,7-10,16,19,22H,6,11,18H2,1H3. The molecule has 2 aromatic rings. The molecular formula is C17H20N2O2S. The maximum Gasteiger partial charge on any atom is 0.318 e. The van der Waals surface area contributed by atoms with Crippen LogP contribution in [0, 0.1) is 0 Å². The first-order chi connectivity index (χ1) is 10.6. The van der Waals surface area contributed by atoms with E-state index >= 15 is 0 Å². The lowest BCUT2D eigenvalue weighted by molar-refractivity contribution is -0.140. The van der Waals surface area contributed by atoms with Crippen molar-refractivity contribution in [2.24, 2.45) is 0 Å². The van der Waals surface area contributed by atoms with Crippen LogP contribution < -0.4 is 11.1 Å². The quantitative estimate of drug-likeness (QED) is 0.434. The average molecular weight is 316 g/mol. The number of nitrogens with one attached hydrogen (secondary N) is 1. The maximum absolute atomic E-state index is 11.4. The second-order valence-corrected chi connectivity index (χ2v) is 5.61. The molecule has 2 rings (SSSR count). The van der Waals surface area contributed by atoms with E-state index in [-0.39, 0.29) is 5.97 Å². The van der Waals surface area contributed by atoms with Crippen molar-refractivity contribution in [2.75, 3.05) is 18.2 Å². The van der Waals surface area contributed by atoms with Crippen LogP contribution in [0.5, 0.6) is 0 Å². The van der Waals surface area contributed by atoms with Crippen molar-refractivity contribution in [2.45, 2.75) is 18.1 Å². The van der Waals surface area contributed by atoms with Gasteiger partial charge in [-0.3, -0.25) is 4.79 Å². The first-order valence-corrected chi connectivity index (χ1v) is 7.58. The largest absolute Gasteiger partial charge is 0.468 e. The van der Waals surface area contributed by atoms with Crippen LogP contribution in [0.25, 0.3) is 0 Å². The van der Waals surface area contributed by atoms with Crippen molar-refractivity contribution in [3.63, 3.8) is 0 Å². The van der Waals surface area contributed by atoms with Gasteiger partial charge in [0.1, 0.15) is 0 Å². The van der Waals surface area contributed by atoms with Gasteiger partial charge < -0.3 is 15.8 Å². The summed E-state index contributed by atoms with van der Waals surface area (Å²) in [6.45, 7) is 0. The Morgan fingerprint density at radius 3 is 2.59 bits per heavy atom. The highest BCUT2D eigenvalue weighted by molar-refractivity contribution is 7.81. The summed E-state index contributed by atoms with van der Waals surface area (Å²) in [6.07, 6.45) is 1.36. The number of aryl methyl sites for hydroxylation is 1. The molecule has 1 unspecified atom stereocenters. The van der Waals surface area contributed by atoms with Crippen molar-refractivity contribution in [3.8, 4) is 0 Å². The number of hydrogen-bond donors (Lipinski definition) is 3. The van der Waals surface area contributed by atoms with Crippen LogP contribution in [0.3, 0.4) is 0 Å². The second-order valence-electron chi connectivity index (χ2n) is 4.98. The van der Waals surface area contributed by atoms with E-state index in [0.717, 1.165) is 29.0 Å². The van der Waals surface area contributed by atoms with Gasteiger partial charge in [0.15, 0.2) is 0 Å². The molecule has 0 heterocycles. The number of carbonyl (C=O) groups excluding carboxylic acids is 1. The number of benzene rings is 2. The SMILES string of the molecule is COC(=O)C(S)CCc1ccccc1Nc1ccc(N)cc1. The van der Waals surface area contributed by atoms with Gasteiger partial charge in [-0.25, -0.2) is 0 Å². The minimum absolute atomic E-state index is 0.299. The zero-order valence-electron chi connectivity index (χ0n) is 12.5. The van der Waals surface area contributed by atoms with E-state index in [4.69, 9.17) is 10.5 Å². The first kappa shape index (κ1) is 16.2. The molecule has 0 saturated heterocycles. The smallest absolute Gasteiger partial charge is 0.318 e. The zero-order chi connectivity index (χ0) is 15.9. The molecule has 0 aromatic heterocycles. The van der Waals surface area contributed by atoms with Gasteiger partial charge >= 0.3 is 5.97 Å². The molecule has 0 saturated carbocycles. The molecule has 0 spiro atoms. The predicted octanol–water partition coefficient (Wildman–Crippen LogP) is 3.42. The Morgan fingerprint density at radius 2 is 1.91 bits per heavy atom. The third-order valence-corrected chi connectivity index (χ3v) is 3.84. The van der Waals surface area contributed by atoms with Crippen LogP contribution >= 0.6 is 12.6 Å². The fourth-order valence-corrected chi connectivity index (χ4v) is 2.36. The van der Waals surface area contributed by atoms with Gasteiger partial charge in [-0.1, -0.05) is 18.2 Å². The van der Waals surface area contributed by atoms with Gasteiger partial charge in [0, 0.05) is 17.1 Å². The van der Waals surface area contributed by atoms with Crippen molar-refractivity contribution in [3.05, 3.63) is 54.1 Å². The van der Waals surface area contributed by atoms with Crippen LogP contribution in [0.2, 0.25) is 0 Å². The number of carbonyl (C=O) groups is 1. The molecule has 0 aliphatic carbocycles. The molecule has 0 aliphatic heterocycles. The van der Waals surface area contributed by atoms with Gasteiger partial charge in [-0.2, -0.15) is 12.6 Å². The minimum atomic E-state index is -0.408. The number of ether oxygens (including phenoxy) is 1. The van der Waals surface area contributed by atoms with E-state index in [1.165, 1.54) is 7.11 Å². The first-order valence-electron chi connectivity index (χ1n) is 7.06. The summed E-state index contributed by atoms with van der Waals surface area (Å²) in [5.41, 5.74) is 9.53. The maximum atomic E-state index is 11.4. The van der Waals surface area contributed by atoms with Gasteiger partial charge in [-0.05, 0) is 48.7 Å². The summed E-state index contributed by atoms with van der Waals surface area (Å²) in [4.78, 5) is 11.4. The number of thiol groups is 1. The van der Waals surface area contributed by atoms with Crippen LogP contribution in [-0.4, -0.2) is 18.3 Å². The Balaban J connectivity index is 2.06. The predicted molar refractivity (Wildman–Crippen MR) is 93.7 cm³/mol. The molecule has 1 atom stereocenters. The second kappa shape index (κ2) is 7.75. The number of esters is 1. The molecule has 0 aliphatic rings. The highest BCUT2D eigenvalue weighted by atomic mass is 32.1. The van der Waals surface area contributed by atoms with Crippen LogP contribution in [0.1, 0.15) is 12.0 Å². The third kappa shape index (κ3) is 4.43. The van der Waals surface area contributed by atoms with Gasteiger partial charge in [0.2, 0.25) is 0 Å². The summed E-state index contributed by atoms with van der Waals surface area (Å²) in [5.74, 6) is -0.299. The number of nitrogens with two attached hydrogens (primary N) is 1. The van der Waals surface area contributed by atoms with E-state index in [9.17, 15) is 4.79 Å². The summed E-state index contributed by atoms with van der Waals surface area (Å²) in [5, 5.41) is 2.96. The highest BCUT2D eigenvalue weighted by Gasteiger charge is 2.14. The van der Waals surface area contributed by atoms with Crippen molar-refractivity contribution < 1.29 is 9.53 Å². The molecule has 0 fully saturated rings. The molecule has 0 bridgehead atoms. The molecule has 116 valence electrons. The van der Waals surface area contributed by atoms with Crippen LogP contribution in [0.15, 0.2) is 48.5 Å². The Kier molecular flexibility index (Phi) is 5.72. The lowest BCUT2D eigenvalue weighted by atomic mass is 10.1. The number of para-hydroxylation sites is 1. The van der Waals surface area contributed by atoms with E-state index in [2.05, 4.69) is 17.9 Å². The van der Waals surface area contributed by atoms with E-state index in [0.29, 0.717) is 6.42 Å². The molecule has 0 amide bonds. The van der Waals surface area contributed by atoms with Crippen molar-refractivity contribution >= 4 is 35.7 Å². The number of nitrogen functional groups attached to an aromatic ring is 1. The summed E-state index contributed by atoms with van der Waals surface area (Å²) < 4.78 is 4.69. The Labute approximate surface area is 136 Å². The van der Waals surface area contributed by atoms with Crippen LogP contribution in [0.4, 0.5) is 17.1 Å². The number of hydrogen-bond acceptors (Lipinski definition) is 5. The van der Waals surface area contributed by atoms with Gasteiger partial charge in [0.25, 0.3) is 0 Å². The normalized spacial score (nSPS) is 11.7. The van der Waals surface area contributed by atoms with Crippen molar-refractivity contribution in [1.82, 2.24) is 0 Å². The molecule has 22 heavy (non-hydrogen) atoms. The minimum Gasteiger partial charge on any atom is -0.468 e. The molecule has 2 aromatic carbocycles. The Bertz CT molecular complexity index is 629.